The van der Waals surface area contributed by atoms with E-state index < -0.39 is 5.92 Å². The van der Waals surface area contributed by atoms with Crippen molar-refractivity contribution in [3.05, 3.63) is 82.9 Å². The minimum atomic E-state index is -0.438. The monoisotopic (exact) mass is 350 g/mol. The van der Waals surface area contributed by atoms with E-state index in [1.807, 2.05) is 24.3 Å². The fourth-order valence-corrected chi connectivity index (χ4v) is 3.24. The third-order valence-corrected chi connectivity index (χ3v) is 4.50. The third kappa shape index (κ3) is 3.59. The Morgan fingerprint density at radius 1 is 0.692 bits per heavy atom. The van der Waals surface area contributed by atoms with Crippen LogP contribution >= 0.6 is 0 Å². The molecule has 0 saturated carbocycles. The number of aryl methyl sites for hydroxylation is 1. The molecule has 3 aromatic rings. The summed E-state index contributed by atoms with van der Waals surface area (Å²) in [5, 5.41) is 40.0. The lowest BCUT2D eigenvalue weighted by Crippen LogP contribution is -2.04. The second-order valence-electron chi connectivity index (χ2n) is 6.41. The van der Waals surface area contributed by atoms with Crippen LogP contribution in [0.2, 0.25) is 0 Å². The molecular weight excluding hydrogens is 328 g/mol. The standard InChI is InChI=1S/C22H22O4/c1-2-3-14-4-6-15(7-5-14)22(18-10-8-16(23)12-20(18)25)19-11-9-17(24)13-21(19)26/h4-13,22-26H,2-3H2,1H3. The summed E-state index contributed by atoms with van der Waals surface area (Å²) in [6.07, 6.45) is 2.04. The smallest absolute Gasteiger partial charge is 0.123 e. The quantitative estimate of drug-likeness (QED) is 0.505. The van der Waals surface area contributed by atoms with E-state index in [2.05, 4.69) is 6.92 Å². The highest BCUT2D eigenvalue weighted by atomic mass is 16.3. The van der Waals surface area contributed by atoms with Gasteiger partial charge in [0.15, 0.2) is 0 Å². The summed E-state index contributed by atoms with van der Waals surface area (Å²) in [4.78, 5) is 0. The normalized spacial score (nSPS) is 11.0. The molecule has 0 atom stereocenters. The van der Waals surface area contributed by atoms with Crippen molar-refractivity contribution in [2.75, 3.05) is 0 Å². The molecule has 4 N–H and O–H groups in total. The van der Waals surface area contributed by atoms with Crippen molar-refractivity contribution in [2.45, 2.75) is 25.7 Å². The van der Waals surface area contributed by atoms with Gasteiger partial charge in [-0.25, -0.2) is 0 Å². The van der Waals surface area contributed by atoms with Gasteiger partial charge in [0.2, 0.25) is 0 Å². The highest BCUT2D eigenvalue weighted by molar-refractivity contribution is 5.55. The van der Waals surface area contributed by atoms with Crippen molar-refractivity contribution in [1.29, 1.82) is 0 Å². The van der Waals surface area contributed by atoms with E-state index in [0.717, 1.165) is 18.4 Å². The molecule has 4 heteroatoms. The van der Waals surface area contributed by atoms with Gasteiger partial charge in [0, 0.05) is 29.2 Å². The molecule has 4 nitrogen and oxygen atoms in total. The summed E-state index contributed by atoms with van der Waals surface area (Å²) >= 11 is 0. The molecule has 0 spiro atoms. The maximum Gasteiger partial charge on any atom is 0.123 e. The minimum Gasteiger partial charge on any atom is -0.508 e. The van der Waals surface area contributed by atoms with Crippen molar-refractivity contribution in [2.24, 2.45) is 0 Å². The summed E-state index contributed by atoms with van der Waals surface area (Å²) in [6, 6.07) is 16.9. The van der Waals surface area contributed by atoms with Crippen LogP contribution in [0.1, 0.15) is 41.5 Å². The lowest BCUT2D eigenvalue weighted by Gasteiger charge is -2.21. The van der Waals surface area contributed by atoms with Gasteiger partial charge in [-0.05, 0) is 29.7 Å². The first kappa shape index (κ1) is 17.7. The fraction of sp³-hybridized carbons (Fsp3) is 0.182. The molecule has 0 radical (unpaired) electrons. The molecule has 0 unspecified atom stereocenters. The molecule has 0 saturated heterocycles. The second-order valence-corrected chi connectivity index (χ2v) is 6.41. The molecular formula is C22H22O4. The minimum absolute atomic E-state index is 0.0294. The average molecular weight is 350 g/mol. The summed E-state index contributed by atoms with van der Waals surface area (Å²) in [7, 11) is 0. The van der Waals surface area contributed by atoms with Gasteiger partial charge in [-0.1, -0.05) is 49.7 Å². The Labute approximate surface area is 152 Å². The lowest BCUT2D eigenvalue weighted by atomic mass is 9.83. The zero-order valence-corrected chi connectivity index (χ0v) is 14.6. The molecule has 0 fully saturated rings. The van der Waals surface area contributed by atoms with Crippen molar-refractivity contribution in [3.63, 3.8) is 0 Å². The molecule has 3 rings (SSSR count). The predicted molar refractivity (Wildman–Crippen MR) is 101 cm³/mol. The van der Waals surface area contributed by atoms with Crippen LogP contribution in [0.15, 0.2) is 60.7 Å². The maximum absolute atomic E-state index is 10.4. The van der Waals surface area contributed by atoms with Crippen LogP contribution < -0.4 is 0 Å². The van der Waals surface area contributed by atoms with E-state index in [1.54, 1.807) is 12.1 Å². The SMILES string of the molecule is CCCc1ccc(C(c2ccc(O)cc2O)c2ccc(O)cc2O)cc1. The van der Waals surface area contributed by atoms with Crippen LogP contribution in [-0.2, 0) is 6.42 Å². The number of aromatic hydroxyl groups is 4. The topological polar surface area (TPSA) is 80.9 Å². The lowest BCUT2D eigenvalue weighted by molar-refractivity contribution is 0.440. The number of phenols is 4. The van der Waals surface area contributed by atoms with Crippen LogP contribution in [0.4, 0.5) is 0 Å². The van der Waals surface area contributed by atoms with Crippen LogP contribution in [0.25, 0.3) is 0 Å². The number of hydrogen-bond acceptors (Lipinski definition) is 4. The Morgan fingerprint density at radius 3 is 1.62 bits per heavy atom. The second kappa shape index (κ2) is 7.40. The van der Waals surface area contributed by atoms with Gasteiger partial charge in [0.1, 0.15) is 23.0 Å². The van der Waals surface area contributed by atoms with E-state index >= 15 is 0 Å². The molecule has 26 heavy (non-hydrogen) atoms. The van der Waals surface area contributed by atoms with Gasteiger partial charge < -0.3 is 20.4 Å². The zero-order valence-electron chi connectivity index (χ0n) is 14.6. The summed E-state index contributed by atoms with van der Waals surface area (Å²) in [5.74, 6) is -0.608. The molecule has 0 amide bonds. The summed E-state index contributed by atoms with van der Waals surface area (Å²) < 4.78 is 0. The number of rotatable bonds is 5. The first-order chi connectivity index (χ1) is 12.5. The number of hydrogen-bond donors (Lipinski definition) is 4. The van der Waals surface area contributed by atoms with Crippen LogP contribution in [0.3, 0.4) is 0 Å². The van der Waals surface area contributed by atoms with Crippen molar-refractivity contribution in [3.8, 4) is 23.0 Å². The fourth-order valence-electron chi connectivity index (χ4n) is 3.24. The summed E-state index contributed by atoms with van der Waals surface area (Å²) in [6.45, 7) is 2.12. The molecule has 0 aliphatic rings. The van der Waals surface area contributed by atoms with Gasteiger partial charge in [-0.15, -0.1) is 0 Å². The largest absolute Gasteiger partial charge is 0.508 e. The van der Waals surface area contributed by atoms with Crippen molar-refractivity contribution >= 4 is 0 Å². The Kier molecular flexibility index (Phi) is 5.03. The van der Waals surface area contributed by atoms with E-state index in [9.17, 15) is 20.4 Å². The molecule has 0 aliphatic carbocycles. The van der Waals surface area contributed by atoms with Crippen molar-refractivity contribution < 1.29 is 20.4 Å². The highest BCUT2D eigenvalue weighted by Gasteiger charge is 2.23. The van der Waals surface area contributed by atoms with Crippen LogP contribution in [0.5, 0.6) is 23.0 Å². The predicted octanol–water partition coefficient (Wildman–Crippen LogP) is 4.64. The van der Waals surface area contributed by atoms with Crippen LogP contribution in [0, 0.1) is 0 Å². The van der Waals surface area contributed by atoms with E-state index in [1.165, 1.54) is 29.8 Å². The van der Waals surface area contributed by atoms with Gasteiger partial charge in [-0.2, -0.15) is 0 Å². The Bertz CT molecular complexity index is 849. The molecule has 0 aliphatic heterocycles. The Morgan fingerprint density at radius 2 is 1.19 bits per heavy atom. The van der Waals surface area contributed by atoms with E-state index in [0.29, 0.717) is 11.1 Å². The first-order valence-corrected chi connectivity index (χ1v) is 8.62. The van der Waals surface area contributed by atoms with Crippen molar-refractivity contribution in [1.82, 2.24) is 0 Å². The molecule has 0 bridgehead atoms. The molecule has 0 aromatic heterocycles. The number of phenolic OH excluding ortho intramolecular Hbond substituents is 4. The zero-order chi connectivity index (χ0) is 18.7. The van der Waals surface area contributed by atoms with Gasteiger partial charge >= 0.3 is 0 Å². The molecule has 134 valence electrons. The third-order valence-electron chi connectivity index (χ3n) is 4.50. The van der Waals surface area contributed by atoms with E-state index in [4.69, 9.17) is 0 Å². The Hall–Kier alpha value is -3.14. The van der Waals surface area contributed by atoms with Gasteiger partial charge in [0.05, 0.1) is 0 Å². The maximum atomic E-state index is 10.4. The first-order valence-electron chi connectivity index (χ1n) is 8.62. The molecule has 0 heterocycles. The number of benzene rings is 3. The average Bonchev–Trinajstić information content (AvgIpc) is 2.60. The Balaban J connectivity index is 2.15. The summed E-state index contributed by atoms with van der Waals surface area (Å²) in [5.41, 5.74) is 3.24. The van der Waals surface area contributed by atoms with Gasteiger partial charge in [-0.3, -0.25) is 0 Å². The van der Waals surface area contributed by atoms with Gasteiger partial charge in [0.25, 0.3) is 0 Å². The highest BCUT2D eigenvalue weighted by Crippen LogP contribution is 2.42. The van der Waals surface area contributed by atoms with E-state index in [-0.39, 0.29) is 23.0 Å². The molecule has 3 aromatic carbocycles. The van der Waals surface area contributed by atoms with Crippen LogP contribution in [-0.4, -0.2) is 20.4 Å².